The molecule has 1 aromatic carbocycles. The van der Waals surface area contributed by atoms with Crippen LogP contribution in [0.15, 0.2) is 36.4 Å². The average Bonchev–Trinajstić information content (AvgIpc) is 3.31. The second kappa shape index (κ2) is 14.5. The molecule has 0 amide bonds. The smallest absolute Gasteiger partial charge is 0.355 e. The van der Waals surface area contributed by atoms with Crippen molar-refractivity contribution in [3.63, 3.8) is 0 Å². The number of methoxy groups -OCH3 is 1. The fourth-order valence-corrected chi connectivity index (χ4v) is 7.01. The molecule has 0 saturated heterocycles. The molecule has 234 valence electrons. The van der Waals surface area contributed by atoms with Gasteiger partial charge in [-0.15, -0.1) is 11.8 Å². The van der Waals surface area contributed by atoms with Crippen molar-refractivity contribution in [3.8, 4) is 0 Å². The summed E-state index contributed by atoms with van der Waals surface area (Å²) < 4.78 is 25.0. The maximum absolute atomic E-state index is 14.3. The Bertz CT molecular complexity index is 1720. The third-order valence-electron chi connectivity index (χ3n) is 7.22. The molecule has 0 spiro atoms. The summed E-state index contributed by atoms with van der Waals surface area (Å²) in [6.07, 6.45) is 7.04. The molecule has 2 aliphatic rings. The lowest BCUT2D eigenvalue weighted by Crippen LogP contribution is -2.45. The zero-order chi connectivity index (χ0) is 31.3. The van der Waals surface area contributed by atoms with E-state index in [4.69, 9.17) is 11.6 Å². The summed E-state index contributed by atoms with van der Waals surface area (Å²) in [7, 11) is 6.49. The van der Waals surface area contributed by atoms with E-state index in [0.29, 0.717) is 28.7 Å². The maximum atomic E-state index is 14.3. The first-order valence-electron chi connectivity index (χ1n) is 13.9. The molecule has 16 heteroatoms. The van der Waals surface area contributed by atoms with Gasteiger partial charge in [-0.05, 0) is 49.2 Å². The number of hydrogen-bond donors (Lipinski definition) is 0. The van der Waals surface area contributed by atoms with Crippen LogP contribution in [0.3, 0.4) is 0 Å². The number of ether oxygens (including phenoxy) is 1. The van der Waals surface area contributed by atoms with Crippen LogP contribution in [0.1, 0.15) is 51.0 Å². The number of anilines is 1. The van der Waals surface area contributed by atoms with E-state index in [0.717, 1.165) is 67.7 Å². The number of thioether (sulfide) groups is 1. The predicted molar refractivity (Wildman–Crippen MR) is 165 cm³/mol. The molecule has 0 radical (unpaired) electrons. The number of aromatic nitrogens is 5. The first-order valence-corrected chi connectivity index (χ1v) is 16.1. The van der Waals surface area contributed by atoms with Crippen LogP contribution in [0.25, 0.3) is 0 Å². The lowest BCUT2D eigenvalue weighted by molar-refractivity contribution is -0.137. The van der Waals surface area contributed by atoms with Crippen molar-refractivity contribution >= 4 is 52.3 Å². The summed E-state index contributed by atoms with van der Waals surface area (Å²) in [6.45, 7) is 1.32. The highest BCUT2D eigenvalue weighted by Crippen LogP contribution is 2.33. The van der Waals surface area contributed by atoms with E-state index in [1.807, 2.05) is 0 Å². The number of esters is 1. The van der Waals surface area contributed by atoms with Crippen LogP contribution in [-0.4, -0.2) is 56.4 Å². The summed E-state index contributed by atoms with van der Waals surface area (Å²) in [5.41, 5.74) is -0.598. The first kappa shape index (κ1) is 32.7. The van der Waals surface area contributed by atoms with Crippen LogP contribution in [-0.2, 0) is 29.7 Å². The minimum Gasteiger partial charge on any atom is -0.468 e. The topological polar surface area (TPSA) is 126 Å². The van der Waals surface area contributed by atoms with Crippen LogP contribution in [0.2, 0.25) is 5.02 Å². The van der Waals surface area contributed by atoms with Crippen LogP contribution in [0.4, 0.5) is 16.0 Å². The number of carbonyl (C=O) groups excluding carboxylic acids is 1. The van der Waals surface area contributed by atoms with Crippen molar-refractivity contribution < 1.29 is 13.9 Å². The zero-order valence-electron chi connectivity index (χ0n) is 24.5. The monoisotopic (exact) mass is 655 g/mol. The molecular weight excluding hydrogens is 621 g/mol. The summed E-state index contributed by atoms with van der Waals surface area (Å²) >= 11 is 8.17. The Balaban J connectivity index is 0.000000208. The van der Waals surface area contributed by atoms with Gasteiger partial charge in [-0.25, -0.2) is 28.2 Å². The molecule has 3 heterocycles. The molecule has 3 aromatic rings. The number of nitrogens with zero attached hydrogens (tertiary/aromatic N) is 7. The second-order valence-corrected chi connectivity index (χ2v) is 12.7. The molecule has 1 fully saturated rings. The highest BCUT2D eigenvalue weighted by molar-refractivity contribution is 8.00. The van der Waals surface area contributed by atoms with Crippen LogP contribution < -0.4 is 26.0 Å². The Labute approximate surface area is 260 Å². The quantitative estimate of drug-likeness (QED) is 0.293. The third kappa shape index (κ3) is 7.68. The molecule has 0 unspecified atom stereocenters. The lowest BCUT2D eigenvalue weighted by Gasteiger charge is -2.24. The van der Waals surface area contributed by atoms with E-state index in [2.05, 4.69) is 14.7 Å². The van der Waals surface area contributed by atoms with Crippen LogP contribution >= 0.6 is 34.7 Å². The summed E-state index contributed by atoms with van der Waals surface area (Å²) in [4.78, 5) is 58.5. The largest absolute Gasteiger partial charge is 0.468 e. The highest BCUT2D eigenvalue weighted by atomic mass is 35.5. The minimum atomic E-state index is -0.580. The summed E-state index contributed by atoms with van der Waals surface area (Å²) in [5.74, 6) is -0.523. The summed E-state index contributed by atoms with van der Waals surface area (Å²) in [5, 5.41) is 0.199. The van der Waals surface area contributed by atoms with E-state index in [1.54, 1.807) is 35.4 Å². The first-order chi connectivity index (χ1) is 20.5. The number of fused-ring (bicyclic) bond motifs is 1. The molecule has 0 N–H and O–H groups in total. The van der Waals surface area contributed by atoms with Gasteiger partial charge >= 0.3 is 22.2 Å². The predicted octanol–water partition coefficient (Wildman–Crippen LogP) is 3.31. The molecule has 0 atom stereocenters. The van der Waals surface area contributed by atoms with Gasteiger partial charge < -0.3 is 9.64 Å². The molecule has 12 nitrogen and oxygen atoms in total. The molecular formula is C27H35ClFN7O5S2. The van der Waals surface area contributed by atoms with Gasteiger partial charge in [-0.3, -0.25) is 18.8 Å². The van der Waals surface area contributed by atoms with Gasteiger partial charge in [0.1, 0.15) is 11.5 Å². The van der Waals surface area contributed by atoms with Crippen molar-refractivity contribution in [2.24, 2.45) is 12.0 Å². The number of benzene rings is 1. The van der Waals surface area contributed by atoms with Gasteiger partial charge in [0.15, 0.2) is 0 Å². The van der Waals surface area contributed by atoms with Gasteiger partial charge in [0.25, 0.3) is 0 Å². The van der Waals surface area contributed by atoms with Crippen molar-refractivity contribution in [2.75, 3.05) is 31.9 Å². The number of halogens is 2. The van der Waals surface area contributed by atoms with E-state index in [-0.39, 0.29) is 33.1 Å². The molecule has 1 aliphatic carbocycles. The molecule has 1 saturated carbocycles. The lowest BCUT2D eigenvalue weighted by atomic mass is 9.95. The second-order valence-electron chi connectivity index (χ2n) is 10.4. The average molecular weight is 656 g/mol. The Kier molecular flexibility index (Phi) is 11.1. The van der Waals surface area contributed by atoms with Crippen molar-refractivity contribution in [1.29, 1.82) is 0 Å². The van der Waals surface area contributed by atoms with Gasteiger partial charge in [0.05, 0.1) is 17.9 Å². The summed E-state index contributed by atoms with van der Waals surface area (Å²) in [6, 6.07) is 2.67. The van der Waals surface area contributed by atoms with E-state index in [9.17, 15) is 23.6 Å². The van der Waals surface area contributed by atoms with E-state index in [1.165, 1.54) is 28.7 Å². The molecule has 0 bridgehead atoms. The van der Waals surface area contributed by atoms with Crippen molar-refractivity contribution in [3.05, 3.63) is 58.4 Å². The highest BCUT2D eigenvalue weighted by Gasteiger charge is 2.21. The molecule has 5 rings (SSSR count). The standard InChI is InChI=1S/C15H15ClFN3O3S2.C12H20N4O2/c1-23-13(21)8-24-12-7-11(10(17)6-9(12)16)18-14-19-4-2-3-5-20(19)15(22)25-14;1-14(2)10-13-11(17)16(12(18)15(10)3)9-7-5-4-6-8-9/h6-7H,2-5,8H2,1H3;9H,4-8H2,1-3H3/b18-14-;. The van der Waals surface area contributed by atoms with Crippen LogP contribution in [0, 0.1) is 5.82 Å². The van der Waals surface area contributed by atoms with Gasteiger partial charge in [0.2, 0.25) is 10.7 Å². The van der Waals surface area contributed by atoms with Gasteiger partial charge in [0, 0.05) is 45.2 Å². The normalized spacial score (nSPS) is 15.4. The van der Waals surface area contributed by atoms with E-state index >= 15 is 0 Å². The zero-order valence-corrected chi connectivity index (χ0v) is 26.9. The molecule has 1 aliphatic heterocycles. The fourth-order valence-electron chi connectivity index (χ4n) is 5.03. The minimum absolute atomic E-state index is 0.0219. The Morgan fingerprint density at radius 1 is 1.14 bits per heavy atom. The Hall–Kier alpha value is -3.17. The third-order valence-corrected chi connectivity index (χ3v) is 9.54. The Morgan fingerprint density at radius 2 is 1.81 bits per heavy atom. The van der Waals surface area contributed by atoms with Gasteiger partial charge in [-0.2, -0.15) is 4.98 Å². The fraction of sp³-hybridized carbons (Fsp3) is 0.556. The van der Waals surface area contributed by atoms with E-state index < -0.39 is 17.5 Å². The van der Waals surface area contributed by atoms with Crippen molar-refractivity contribution in [2.45, 2.75) is 69.0 Å². The van der Waals surface area contributed by atoms with Crippen LogP contribution in [0.5, 0.6) is 0 Å². The molecule has 43 heavy (non-hydrogen) atoms. The Morgan fingerprint density at radius 3 is 2.47 bits per heavy atom. The maximum Gasteiger partial charge on any atom is 0.355 e. The number of hydrogen-bond acceptors (Lipinski definition) is 10. The molecule has 2 aromatic heterocycles. The van der Waals surface area contributed by atoms with Gasteiger partial charge in [-0.1, -0.05) is 30.9 Å². The number of rotatable bonds is 6. The SMILES string of the molecule is CN(C)c1nc(=O)n(C2CCCCC2)c(=O)n1C.COC(=O)CSc1cc(/N=c2\sc(=O)n3n2CCCC3)c(F)cc1Cl. The van der Waals surface area contributed by atoms with Crippen molar-refractivity contribution in [1.82, 2.24) is 23.5 Å². The number of carbonyl (C=O) groups is 1.